The minimum Gasteiger partial charge on any atom is -0.493 e. The van der Waals surface area contributed by atoms with Crippen LogP contribution in [0, 0.1) is 0 Å². The normalized spacial score (nSPS) is 26.4. The molecule has 1 aromatic carbocycles. The van der Waals surface area contributed by atoms with Crippen molar-refractivity contribution in [2.24, 2.45) is 0 Å². The lowest BCUT2D eigenvalue weighted by atomic mass is 9.99. The van der Waals surface area contributed by atoms with Gasteiger partial charge in [-0.05, 0) is 63.7 Å². The smallest absolute Gasteiger partial charge is 0.126 e. The van der Waals surface area contributed by atoms with Crippen molar-refractivity contribution in [3.63, 3.8) is 0 Å². The minimum absolute atomic E-state index is 0.139. The van der Waals surface area contributed by atoms with Crippen LogP contribution in [0.2, 0.25) is 0 Å². The molecule has 2 aliphatic rings. The first kappa shape index (κ1) is 16.4. The Morgan fingerprint density at radius 3 is 3.09 bits per heavy atom. The van der Waals surface area contributed by atoms with E-state index in [0.717, 1.165) is 50.2 Å². The molecule has 23 heavy (non-hydrogen) atoms. The molecule has 2 heterocycles. The summed E-state index contributed by atoms with van der Waals surface area (Å²) in [5, 5.41) is 0. The van der Waals surface area contributed by atoms with Crippen molar-refractivity contribution in [2.75, 3.05) is 13.2 Å². The lowest BCUT2D eigenvalue weighted by molar-refractivity contribution is 0.284. The zero-order chi connectivity index (χ0) is 16.3. The molecular weight excluding hydrogens is 288 g/mol. The highest BCUT2D eigenvalue weighted by molar-refractivity contribution is 5.41. The van der Waals surface area contributed by atoms with Crippen LogP contribution < -0.4 is 9.47 Å². The Kier molecular flexibility index (Phi) is 4.96. The van der Waals surface area contributed by atoms with Crippen molar-refractivity contribution >= 4 is 0 Å². The second-order valence-corrected chi connectivity index (χ2v) is 6.89. The third kappa shape index (κ3) is 4.08. The number of hydrogen-bond acceptors (Lipinski definition) is 3. The summed E-state index contributed by atoms with van der Waals surface area (Å²) in [5.74, 6) is 1.87. The lowest BCUT2D eigenvalue weighted by Crippen LogP contribution is -2.08. The van der Waals surface area contributed by atoms with Crippen LogP contribution in [-0.2, 0) is 11.2 Å². The van der Waals surface area contributed by atoms with Gasteiger partial charge in [-0.15, -0.1) is 0 Å². The molecule has 3 rings (SSSR count). The SMILES string of the molecule is CCC1(C)OC1CC/C(C)=C/COc1ccc2c(c1)OCCC2. The Balaban J connectivity index is 1.43. The van der Waals surface area contributed by atoms with Gasteiger partial charge in [0.2, 0.25) is 0 Å². The molecule has 0 aromatic heterocycles. The molecule has 3 heteroatoms. The predicted molar refractivity (Wildman–Crippen MR) is 92.3 cm³/mol. The van der Waals surface area contributed by atoms with Gasteiger partial charge in [-0.3, -0.25) is 0 Å². The van der Waals surface area contributed by atoms with Gasteiger partial charge in [-0.2, -0.15) is 0 Å². The molecule has 1 aromatic rings. The van der Waals surface area contributed by atoms with Gasteiger partial charge in [0.15, 0.2) is 0 Å². The number of rotatable bonds is 7. The summed E-state index contributed by atoms with van der Waals surface area (Å²) in [5.41, 5.74) is 2.80. The van der Waals surface area contributed by atoms with E-state index in [9.17, 15) is 0 Å². The first-order valence-electron chi connectivity index (χ1n) is 8.83. The van der Waals surface area contributed by atoms with Gasteiger partial charge in [0.25, 0.3) is 0 Å². The van der Waals surface area contributed by atoms with Crippen molar-refractivity contribution in [1.29, 1.82) is 0 Å². The highest BCUT2D eigenvalue weighted by atomic mass is 16.6. The number of hydrogen-bond donors (Lipinski definition) is 0. The first-order chi connectivity index (χ1) is 11.1. The number of ether oxygens (including phenoxy) is 3. The number of benzene rings is 1. The average molecular weight is 316 g/mol. The lowest BCUT2D eigenvalue weighted by Gasteiger charge is -2.17. The van der Waals surface area contributed by atoms with E-state index >= 15 is 0 Å². The molecule has 3 nitrogen and oxygen atoms in total. The Bertz CT molecular complexity index is 578. The monoisotopic (exact) mass is 316 g/mol. The van der Waals surface area contributed by atoms with Crippen molar-refractivity contribution in [1.82, 2.24) is 0 Å². The van der Waals surface area contributed by atoms with E-state index in [0.29, 0.717) is 12.7 Å². The molecule has 0 radical (unpaired) electrons. The van der Waals surface area contributed by atoms with Gasteiger partial charge >= 0.3 is 0 Å². The number of aryl methyl sites for hydroxylation is 1. The van der Waals surface area contributed by atoms with E-state index in [1.807, 2.05) is 12.1 Å². The van der Waals surface area contributed by atoms with Gasteiger partial charge in [-0.1, -0.05) is 18.6 Å². The average Bonchev–Trinajstić information content (AvgIpc) is 3.24. The maximum Gasteiger partial charge on any atom is 0.126 e. The Morgan fingerprint density at radius 2 is 2.30 bits per heavy atom. The van der Waals surface area contributed by atoms with E-state index in [1.54, 1.807) is 0 Å². The standard InChI is InChI=1S/C20H28O3/c1-4-20(3)19(23-20)10-7-15(2)11-13-21-17-9-8-16-6-5-12-22-18(16)14-17/h8-9,11,14,19H,4-7,10,12-13H2,1-3H3/b15-11+. The Hall–Kier alpha value is -1.48. The van der Waals surface area contributed by atoms with E-state index in [1.165, 1.54) is 11.1 Å². The fourth-order valence-electron chi connectivity index (χ4n) is 3.12. The van der Waals surface area contributed by atoms with Crippen LogP contribution in [0.3, 0.4) is 0 Å². The zero-order valence-electron chi connectivity index (χ0n) is 14.6. The van der Waals surface area contributed by atoms with Gasteiger partial charge in [0.05, 0.1) is 18.3 Å². The molecule has 0 bridgehead atoms. The summed E-state index contributed by atoms with van der Waals surface area (Å²) in [6, 6.07) is 6.18. The van der Waals surface area contributed by atoms with Crippen LogP contribution in [0.15, 0.2) is 29.8 Å². The van der Waals surface area contributed by atoms with Gasteiger partial charge in [0.1, 0.15) is 18.1 Å². The van der Waals surface area contributed by atoms with E-state index in [-0.39, 0.29) is 5.60 Å². The van der Waals surface area contributed by atoms with Crippen molar-refractivity contribution in [3.05, 3.63) is 35.4 Å². The number of allylic oxidation sites excluding steroid dienone is 1. The topological polar surface area (TPSA) is 31.0 Å². The summed E-state index contributed by atoms with van der Waals surface area (Å²) < 4.78 is 17.3. The van der Waals surface area contributed by atoms with Crippen LogP contribution in [-0.4, -0.2) is 24.9 Å². The summed E-state index contributed by atoms with van der Waals surface area (Å²) >= 11 is 0. The molecule has 2 aliphatic heterocycles. The second kappa shape index (κ2) is 6.96. The molecule has 1 saturated heterocycles. The van der Waals surface area contributed by atoms with E-state index < -0.39 is 0 Å². The van der Waals surface area contributed by atoms with Crippen molar-refractivity contribution in [3.8, 4) is 11.5 Å². The third-order valence-corrected chi connectivity index (χ3v) is 5.11. The minimum atomic E-state index is 0.139. The van der Waals surface area contributed by atoms with Crippen LogP contribution in [0.25, 0.3) is 0 Å². The van der Waals surface area contributed by atoms with Crippen molar-refractivity contribution in [2.45, 2.75) is 64.6 Å². The fourth-order valence-corrected chi connectivity index (χ4v) is 3.12. The molecular formula is C20H28O3. The van der Waals surface area contributed by atoms with Crippen LogP contribution in [0.5, 0.6) is 11.5 Å². The van der Waals surface area contributed by atoms with E-state index in [4.69, 9.17) is 14.2 Å². The Labute approximate surface area is 139 Å². The molecule has 0 amide bonds. The quantitative estimate of drug-likeness (QED) is 0.540. The summed E-state index contributed by atoms with van der Waals surface area (Å²) in [6.45, 7) is 8.00. The van der Waals surface area contributed by atoms with Crippen LogP contribution in [0.4, 0.5) is 0 Å². The van der Waals surface area contributed by atoms with Crippen LogP contribution >= 0.6 is 0 Å². The van der Waals surface area contributed by atoms with Crippen LogP contribution in [0.1, 0.15) is 52.0 Å². The number of epoxide rings is 1. The fraction of sp³-hybridized carbons (Fsp3) is 0.600. The Morgan fingerprint density at radius 1 is 1.43 bits per heavy atom. The highest BCUT2D eigenvalue weighted by Gasteiger charge is 2.49. The molecule has 0 spiro atoms. The summed E-state index contributed by atoms with van der Waals surface area (Å²) in [4.78, 5) is 0. The molecule has 0 aliphatic carbocycles. The highest BCUT2D eigenvalue weighted by Crippen LogP contribution is 2.42. The van der Waals surface area contributed by atoms with Gasteiger partial charge in [-0.25, -0.2) is 0 Å². The molecule has 1 fully saturated rings. The molecule has 0 saturated carbocycles. The maximum atomic E-state index is 5.84. The van der Waals surface area contributed by atoms with E-state index in [2.05, 4.69) is 32.9 Å². The molecule has 2 unspecified atom stereocenters. The van der Waals surface area contributed by atoms with Crippen molar-refractivity contribution < 1.29 is 14.2 Å². The first-order valence-corrected chi connectivity index (χ1v) is 8.83. The largest absolute Gasteiger partial charge is 0.493 e. The molecule has 2 atom stereocenters. The predicted octanol–water partition coefficient (Wildman–Crippen LogP) is 4.68. The molecule has 0 N–H and O–H groups in total. The van der Waals surface area contributed by atoms with Gasteiger partial charge in [0, 0.05) is 6.07 Å². The molecule has 126 valence electrons. The number of fused-ring (bicyclic) bond motifs is 1. The maximum absolute atomic E-state index is 5.84. The van der Waals surface area contributed by atoms with Gasteiger partial charge < -0.3 is 14.2 Å². The second-order valence-electron chi connectivity index (χ2n) is 6.89. The summed E-state index contributed by atoms with van der Waals surface area (Å²) in [6.07, 6.45) is 8.12. The third-order valence-electron chi connectivity index (χ3n) is 5.11. The summed E-state index contributed by atoms with van der Waals surface area (Å²) in [7, 11) is 0. The zero-order valence-corrected chi connectivity index (χ0v) is 14.6.